The van der Waals surface area contributed by atoms with Crippen LogP contribution in [-0.4, -0.2) is 25.0 Å². The number of carbonyl (C=O) groups excluding carboxylic acids is 2. The van der Waals surface area contributed by atoms with Crippen molar-refractivity contribution < 1.29 is 23.5 Å². The molecule has 2 aromatic carbocycles. The van der Waals surface area contributed by atoms with Gasteiger partial charge in [-0.25, -0.2) is 4.39 Å². The van der Waals surface area contributed by atoms with Gasteiger partial charge in [0, 0.05) is 11.5 Å². The number of amides is 2. The fourth-order valence-electron chi connectivity index (χ4n) is 3.03. The average molecular weight is 356 g/mol. The molecule has 2 N–H and O–H groups in total. The largest absolute Gasteiger partial charge is 0.486 e. The summed E-state index contributed by atoms with van der Waals surface area (Å²) in [7, 11) is 0. The summed E-state index contributed by atoms with van der Waals surface area (Å²) < 4.78 is 23.8. The highest BCUT2D eigenvalue weighted by atomic mass is 19.1. The van der Waals surface area contributed by atoms with Gasteiger partial charge in [-0.1, -0.05) is 12.1 Å². The third-order valence-electron chi connectivity index (χ3n) is 4.53. The first kappa shape index (κ1) is 16.4. The van der Waals surface area contributed by atoms with Crippen LogP contribution in [0.25, 0.3) is 0 Å². The number of ether oxygens (including phenoxy) is 2. The summed E-state index contributed by atoms with van der Waals surface area (Å²) in [6.07, 6.45) is 0.678. The molecule has 6 nitrogen and oxygen atoms in total. The fraction of sp³-hybridized carbons (Fsp3) is 0.263. The van der Waals surface area contributed by atoms with Crippen molar-refractivity contribution in [3.63, 3.8) is 0 Å². The highest BCUT2D eigenvalue weighted by Crippen LogP contribution is 2.47. The molecule has 26 heavy (non-hydrogen) atoms. The normalized spacial score (nSPS) is 20.2. The van der Waals surface area contributed by atoms with E-state index in [1.54, 1.807) is 30.3 Å². The molecule has 2 aliphatic rings. The molecular weight excluding hydrogens is 339 g/mol. The van der Waals surface area contributed by atoms with E-state index >= 15 is 0 Å². The van der Waals surface area contributed by atoms with Gasteiger partial charge < -0.3 is 9.47 Å². The van der Waals surface area contributed by atoms with E-state index in [0.29, 0.717) is 36.7 Å². The summed E-state index contributed by atoms with van der Waals surface area (Å²) in [6, 6.07) is 11.0. The quantitative estimate of drug-likeness (QED) is 0.827. The molecular formula is C19H17FN2O4. The summed E-state index contributed by atoms with van der Waals surface area (Å²) in [4.78, 5) is 24.4. The Hall–Kier alpha value is -3.09. The molecule has 2 aromatic rings. The Morgan fingerprint density at radius 2 is 1.69 bits per heavy atom. The van der Waals surface area contributed by atoms with E-state index in [9.17, 15) is 14.0 Å². The first-order valence-corrected chi connectivity index (χ1v) is 8.37. The zero-order valence-corrected chi connectivity index (χ0v) is 13.8. The van der Waals surface area contributed by atoms with Crippen LogP contribution < -0.4 is 20.3 Å². The van der Waals surface area contributed by atoms with Crippen LogP contribution in [0.1, 0.15) is 28.3 Å². The second-order valence-corrected chi connectivity index (χ2v) is 6.30. The van der Waals surface area contributed by atoms with Crippen LogP contribution in [0.4, 0.5) is 4.39 Å². The van der Waals surface area contributed by atoms with Gasteiger partial charge in [0.1, 0.15) is 19.0 Å². The predicted molar refractivity (Wildman–Crippen MR) is 90.3 cm³/mol. The molecule has 0 aromatic heterocycles. The van der Waals surface area contributed by atoms with Crippen LogP contribution >= 0.6 is 0 Å². The molecule has 0 spiro atoms. The molecule has 1 aliphatic heterocycles. The van der Waals surface area contributed by atoms with Gasteiger partial charge in [-0.15, -0.1) is 0 Å². The molecule has 4 rings (SSSR count). The van der Waals surface area contributed by atoms with Crippen molar-refractivity contribution in [1.29, 1.82) is 0 Å². The maximum Gasteiger partial charge on any atom is 0.269 e. The lowest BCUT2D eigenvalue weighted by atomic mass is 10.1. The summed E-state index contributed by atoms with van der Waals surface area (Å²) in [5.41, 5.74) is 6.15. The van der Waals surface area contributed by atoms with E-state index in [1.165, 1.54) is 12.1 Å². The van der Waals surface area contributed by atoms with Gasteiger partial charge in [0.25, 0.3) is 5.91 Å². The van der Waals surface area contributed by atoms with Crippen LogP contribution in [0.3, 0.4) is 0 Å². The van der Waals surface area contributed by atoms with Crippen LogP contribution in [0.15, 0.2) is 42.5 Å². The Morgan fingerprint density at radius 1 is 0.962 bits per heavy atom. The Morgan fingerprint density at radius 3 is 2.46 bits per heavy atom. The summed E-state index contributed by atoms with van der Waals surface area (Å²) in [5, 5.41) is 0. The van der Waals surface area contributed by atoms with Crippen molar-refractivity contribution in [3.05, 3.63) is 59.4 Å². The number of fused-ring (bicyclic) bond motifs is 1. The minimum atomic E-state index is -0.436. The Bertz CT molecular complexity index is 853. The Kier molecular flexibility index (Phi) is 4.20. The predicted octanol–water partition coefficient (Wildman–Crippen LogP) is 2.16. The highest BCUT2D eigenvalue weighted by molar-refractivity contribution is 5.96. The zero-order valence-electron chi connectivity index (χ0n) is 13.8. The number of hydrogen-bond donors (Lipinski definition) is 2. The summed E-state index contributed by atoms with van der Waals surface area (Å²) in [6.45, 7) is 0.909. The van der Waals surface area contributed by atoms with E-state index in [-0.39, 0.29) is 23.6 Å². The van der Waals surface area contributed by atoms with Gasteiger partial charge in [0.2, 0.25) is 5.91 Å². The molecule has 2 amide bonds. The first-order valence-electron chi connectivity index (χ1n) is 8.37. The minimum absolute atomic E-state index is 0.0572. The molecule has 2 atom stereocenters. The second kappa shape index (κ2) is 6.67. The molecule has 2 unspecified atom stereocenters. The third-order valence-corrected chi connectivity index (χ3v) is 4.53. The van der Waals surface area contributed by atoms with Gasteiger partial charge >= 0.3 is 0 Å². The minimum Gasteiger partial charge on any atom is -0.486 e. The molecule has 1 aliphatic carbocycles. The maximum atomic E-state index is 13.0. The summed E-state index contributed by atoms with van der Waals surface area (Å²) >= 11 is 0. The fourth-order valence-corrected chi connectivity index (χ4v) is 3.03. The lowest BCUT2D eigenvalue weighted by molar-refractivity contribution is -0.123. The number of rotatable bonds is 3. The third kappa shape index (κ3) is 3.33. The first-order chi connectivity index (χ1) is 12.6. The lowest BCUT2D eigenvalue weighted by Gasteiger charge is -2.18. The van der Waals surface area contributed by atoms with E-state index in [2.05, 4.69) is 10.9 Å². The van der Waals surface area contributed by atoms with Crippen molar-refractivity contribution in [3.8, 4) is 11.5 Å². The second-order valence-electron chi connectivity index (χ2n) is 6.30. The van der Waals surface area contributed by atoms with Gasteiger partial charge in [-0.3, -0.25) is 20.4 Å². The van der Waals surface area contributed by atoms with Crippen molar-refractivity contribution in [2.24, 2.45) is 5.92 Å². The molecule has 0 bridgehead atoms. The highest BCUT2D eigenvalue weighted by Gasteiger charge is 2.44. The van der Waals surface area contributed by atoms with E-state index in [4.69, 9.17) is 9.47 Å². The SMILES string of the molecule is O=C(NNC(=O)C1CC1c1ccc(F)cc1)c1ccc2c(c1)OCCO2. The Labute approximate surface area is 149 Å². The van der Waals surface area contributed by atoms with Crippen molar-refractivity contribution >= 4 is 11.8 Å². The van der Waals surface area contributed by atoms with E-state index in [0.717, 1.165) is 5.56 Å². The van der Waals surface area contributed by atoms with Gasteiger partial charge in [0.15, 0.2) is 11.5 Å². The maximum absolute atomic E-state index is 13.0. The van der Waals surface area contributed by atoms with Crippen molar-refractivity contribution in [2.45, 2.75) is 12.3 Å². The number of benzene rings is 2. The standard InChI is InChI=1S/C19H17FN2O4/c20-13-4-1-11(2-5-13)14-10-15(14)19(24)22-21-18(23)12-3-6-16-17(9-12)26-8-7-25-16/h1-6,9,14-15H,7-8,10H2,(H,21,23)(H,22,24). The molecule has 134 valence electrons. The van der Waals surface area contributed by atoms with Crippen molar-refractivity contribution in [2.75, 3.05) is 13.2 Å². The van der Waals surface area contributed by atoms with Gasteiger partial charge in [-0.05, 0) is 48.2 Å². The van der Waals surface area contributed by atoms with E-state index < -0.39 is 5.91 Å². The number of hydrazine groups is 1. The monoisotopic (exact) mass is 356 g/mol. The van der Waals surface area contributed by atoms with Crippen molar-refractivity contribution in [1.82, 2.24) is 10.9 Å². The average Bonchev–Trinajstić information content (AvgIpc) is 3.47. The summed E-state index contributed by atoms with van der Waals surface area (Å²) in [5.74, 6) is -0.0600. The number of carbonyl (C=O) groups is 2. The smallest absolute Gasteiger partial charge is 0.269 e. The number of hydrogen-bond acceptors (Lipinski definition) is 4. The van der Waals surface area contributed by atoms with Crippen LogP contribution in [0.5, 0.6) is 11.5 Å². The molecule has 1 heterocycles. The topological polar surface area (TPSA) is 76.7 Å². The Balaban J connectivity index is 1.32. The molecule has 0 radical (unpaired) electrons. The number of nitrogens with one attached hydrogen (secondary N) is 2. The molecule has 7 heteroatoms. The van der Waals surface area contributed by atoms with Crippen LogP contribution in [-0.2, 0) is 4.79 Å². The van der Waals surface area contributed by atoms with E-state index in [1.807, 2.05) is 0 Å². The lowest BCUT2D eigenvalue weighted by Crippen LogP contribution is -2.42. The molecule has 0 saturated heterocycles. The van der Waals surface area contributed by atoms with Crippen LogP contribution in [0, 0.1) is 11.7 Å². The van der Waals surface area contributed by atoms with Gasteiger partial charge in [0.05, 0.1) is 0 Å². The molecule has 1 fully saturated rings. The zero-order chi connectivity index (χ0) is 18.1. The van der Waals surface area contributed by atoms with Gasteiger partial charge in [-0.2, -0.15) is 0 Å². The molecule has 1 saturated carbocycles. The van der Waals surface area contributed by atoms with Crippen LogP contribution in [0.2, 0.25) is 0 Å². The number of halogens is 1.